The Morgan fingerprint density at radius 3 is 2.89 bits per heavy atom. The molecule has 0 aliphatic heterocycles. The van der Waals surface area contributed by atoms with E-state index in [1.807, 2.05) is 12.1 Å². The molecule has 27 heavy (non-hydrogen) atoms. The molecule has 0 saturated heterocycles. The fourth-order valence-electron chi connectivity index (χ4n) is 3.83. The van der Waals surface area contributed by atoms with Crippen molar-refractivity contribution in [3.8, 4) is 0 Å². The van der Waals surface area contributed by atoms with Crippen LogP contribution in [0.4, 0.5) is 14.5 Å². The number of aromatic nitrogens is 1. The van der Waals surface area contributed by atoms with Gasteiger partial charge in [-0.3, -0.25) is 4.79 Å². The number of amides is 1. The molecule has 1 aliphatic carbocycles. The van der Waals surface area contributed by atoms with E-state index in [4.69, 9.17) is 0 Å². The van der Waals surface area contributed by atoms with Crippen LogP contribution in [0.5, 0.6) is 0 Å². The lowest BCUT2D eigenvalue weighted by Crippen LogP contribution is -2.34. The number of nitrogens with one attached hydrogen (secondary N) is 3. The zero-order valence-corrected chi connectivity index (χ0v) is 15.0. The Morgan fingerprint density at radius 2 is 2.07 bits per heavy atom. The van der Waals surface area contributed by atoms with Crippen molar-refractivity contribution in [3.05, 3.63) is 64.9 Å². The molecule has 4 rings (SSSR count). The fraction of sp³-hybridized carbons (Fsp3) is 0.286. The van der Waals surface area contributed by atoms with Crippen LogP contribution in [-0.4, -0.2) is 23.5 Å². The summed E-state index contributed by atoms with van der Waals surface area (Å²) in [6.45, 7) is 3.03. The number of H-pyrrole nitrogens is 1. The maximum atomic E-state index is 13.8. The summed E-state index contributed by atoms with van der Waals surface area (Å²) < 4.78 is 27.2. The number of likely N-dealkylation sites (N-methyl/N-ethyl adjacent to an activating group) is 1. The molecule has 0 fully saturated rings. The Morgan fingerprint density at radius 1 is 1.22 bits per heavy atom. The minimum absolute atomic E-state index is 0.307. The molecule has 0 bridgehead atoms. The Labute approximate surface area is 156 Å². The van der Waals surface area contributed by atoms with Crippen molar-refractivity contribution in [1.82, 2.24) is 10.3 Å². The Balaban J connectivity index is 1.63. The summed E-state index contributed by atoms with van der Waals surface area (Å²) in [6, 6.07) is 8.87. The first kappa shape index (κ1) is 17.7. The lowest BCUT2D eigenvalue weighted by Gasteiger charge is -2.23. The summed E-state index contributed by atoms with van der Waals surface area (Å²) in [5, 5.41) is 7.24. The highest BCUT2D eigenvalue weighted by molar-refractivity contribution is 6.05. The summed E-state index contributed by atoms with van der Waals surface area (Å²) >= 11 is 0. The van der Waals surface area contributed by atoms with E-state index >= 15 is 0 Å². The predicted molar refractivity (Wildman–Crippen MR) is 102 cm³/mol. The minimum atomic E-state index is -0.748. The number of carbonyl (C=O) groups is 1. The number of aryl methyl sites for hydroxylation is 1. The van der Waals surface area contributed by atoms with Gasteiger partial charge in [0.25, 0.3) is 5.91 Å². The highest BCUT2D eigenvalue weighted by Crippen LogP contribution is 2.31. The van der Waals surface area contributed by atoms with Gasteiger partial charge in [-0.05, 0) is 67.8 Å². The molecule has 1 atom stereocenters. The highest BCUT2D eigenvalue weighted by atomic mass is 19.1. The lowest BCUT2D eigenvalue weighted by atomic mass is 9.91. The van der Waals surface area contributed by atoms with E-state index in [1.54, 1.807) is 6.07 Å². The van der Waals surface area contributed by atoms with Gasteiger partial charge in [0, 0.05) is 28.3 Å². The summed E-state index contributed by atoms with van der Waals surface area (Å²) in [4.78, 5) is 15.8. The molecule has 3 N–H and O–H groups in total. The van der Waals surface area contributed by atoms with Gasteiger partial charge in [-0.25, -0.2) is 8.78 Å². The van der Waals surface area contributed by atoms with Gasteiger partial charge in [0.1, 0.15) is 11.6 Å². The van der Waals surface area contributed by atoms with E-state index in [0.29, 0.717) is 11.7 Å². The molecule has 1 amide bonds. The van der Waals surface area contributed by atoms with Gasteiger partial charge in [0.2, 0.25) is 0 Å². The van der Waals surface area contributed by atoms with Crippen LogP contribution in [0, 0.1) is 11.6 Å². The molecule has 2 aromatic carbocycles. The van der Waals surface area contributed by atoms with Gasteiger partial charge >= 0.3 is 0 Å². The summed E-state index contributed by atoms with van der Waals surface area (Å²) in [7, 11) is 0. The molecule has 1 aliphatic rings. The number of fused-ring (bicyclic) bond motifs is 3. The molecule has 1 unspecified atom stereocenters. The van der Waals surface area contributed by atoms with Crippen molar-refractivity contribution in [2.75, 3.05) is 11.9 Å². The second-order valence-corrected chi connectivity index (χ2v) is 6.92. The molecule has 1 aromatic heterocycles. The van der Waals surface area contributed by atoms with E-state index in [2.05, 4.69) is 22.5 Å². The number of benzene rings is 2. The third-order valence-corrected chi connectivity index (χ3v) is 5.11. The van der Waals surface area contributed by atoms with Crippen LogP contribution in [0.2, 0.25) is 0 Å². The Kier molecular flexibility index (Phi) is 4.66. The standard InChI is InChI=1S/C21H21F2N3O/c1-2-24-13-4-7-19-15(10-13)16-11-14(5-8-20(16)26-19)25-21(27)17-9-12(22)3-6-18(17)23/h3,5-6,8-9,11,13,24,26H,2,4,7,10H2,1H3,(H,25,27). The van der Waals surface area contributed by atoms with Crippen LogP contribution in [0.3, 0.4) is 0 Å². The fourth-order valence-corrected chi connectivity index (χ4v) is 3.83. The van der Waals surface area contributed by atoms with Crippen LogP contribution >= 0.6 is 0 Å². The van der Waals surface area contributed by atoms with E-state index in [-0.39, 0.29) is 5.56 Å². The van der Waals surface area contributed by atoms with Crippen LogP contribution in [0.15, 0.2) is 36.4 Å². The summed E-state index contributed by atoms with van der Waals surface area (Å²) in [6.07, 6.45) is 3.01. The third-order valence-electron chi connectivity index (χ3n) is 5.11. The summed E-state index contributed by atoms with van der Waals surface area (Å²) in [5.41, 5.74) is 3.77. The Bertz CT molecular complexity index is 1010. The number of halogens is 2. The number of rotatable bonds is 4. The second-order valence-electron chi connectivity index (χ2n) is 6.92. The molecule has 0 saturated carbocycles. The number of aromatic amines is 1. The molecule has 0 radical (unpaired) electrons. The van der Waals surface area contributed by atoms with Gasteiger partial charge in [-0.1, -0.05) is 6.92 Å². The zero-order valence-electron chi connectivity index (χ0n) is 15.0. The van der Waals surface area contributed by atoms with Gasteiger partial charge in [0.05, 0.1) is 5.56 Å². The maximum absolute atomic E-state index is 13.8. The van der Waals surface area contributed by atoms with E-state index in [1.165, 1.54) is 11.3 Å². The highest BCUT2D eigenvalue weighted by Gasteiger charge is 2.22. The predicted octanol–water partition coefficient (Wildman–Crippen LogP) is 4.17. The largest absolute Gasteiger partial charge is 0.358 e. The zero-order chi connectivity index (χ0) is 19.0. The average Bonchev–Trinajstić information content (AvgIpc) is 3.01. The second kappa shape index (κ2) is 7.12. The van der Waals surface area contributed by atoms with Gasteiger partial charge in [-0.2, -0.15) is 0 Å². The normalized spacial score (nSPS) is 16.3. The first-order valence-electron chi connectivity index (χ1n) is 9.18. The maximum Gasteiger partial charge on any atom is 0.258 e. The van der Waals surface area contributed by atoms with Crippen LogP contribution in [0.25, 0.3) is 10.9 Å². The van der Waals surface area contributed by atoms with Crippen LogP contribution in [0.1, 0.15) is 35.0 Å². The topological polar surface area (TPSA) is 56.9 Å². The number of anilines is 1. The molecular weight excluding hydrogens is 348 g/mol. The molecule has 0 spiro atoms. The first-order chi connectivity index (χ1) is 13.0. The first-order valence-corrected chi connectivity index (χ1v) is 9.18. The smallest absolute Gasteiger partial charge is 0.258 e. The van der Waals surface area contributed by atoms with Crippen molar-refractivity contribution in [3.63, 3.8) is 0 Å². The Hall–Kier alpha value is -2.73. The number of hydrogen-bond acceptors (Lipinski definition) is 2. The van der Waals surface area contributed by atoms with Crippen molar-refractivity contribution >= 4 is 22.5 Å². The number of hydrogen-bond donors (Lipinski definition) is 3. The third kappa shape index (κ3) is 3.45. The number of carbonyl (C=O) groups excluding carboxylic acids is 1. The molecule has 6 heteroatoms. The van der Waals surface area contributed by atoms with Crippen LogP contribution < -0.4 is 10.6 Å². The minimum Gasteiger partial charge on any atom is -0.358 e. The molecule has 3 aromatic rings. The molecule has 140 valence electrons. The van der Waals surface area contributed by atoms with E-state index in [9.17, 15) is 13.6 Å². The van der Waals surface area contributed by atoms with E-state index < -0.39 is 17.5 Å². The van der Waals surface area contributed by atoms with Crippen molar-refractivity contribution in [1.29, 1.82) is 0 Å². The van der Waals surface area contributed by atoms with Crippen molar-refractivity contribution in [2.24, 2.45) is 0 Å². The summed E-state index contributed by atoms with van der Waals surface area (Å²) in [5.74, 6) is -2.06. The molecular formula is C21H21F2N3O. The van der Waals surface area contributed by atoms with Crippen molar-refractivity contribution < 1.29 is 13.6 Å². The van der Waals surface area contributed by atoms with Crippen molar-refractivity contribution in [2.45, 2.75) is 32.2 Å². The SMILES string of the molecule is CCNC1CCc2[nH]c3ccc(NC(=O)c4cc(F)ccc4F)cc3c2C1. The van der Waals surface area contributed by atoms with E-state index in [0.717, 1.165) is 54.9 Å². The lowest BCUT2D eigenvalue weighted by molar-refractivity contribution is 0.102. The monoisotopic (exact) mass is 369 g/mol. The van der Waals surface area contributed by atoms with Gasteiger partial charge in [-0.15, -0.1) is 0 Å². The molecule has 1 heterocycles. The average molecular weight is 369 g/mol. The quantitative estimate of drug-likeness (QED) is 0.647. The van der Waals surface area contributed by atoms with Gasteiger partial charge in [0.15, 0.2) is 0 Å². The van der Waals surface area contributed by atoms with Crippen LogP contribution in [-0.2, 0) is 12.8 Å². The molecule has 4 nitrogen and oxygen atoms in total. The van der Waals surface area contributed by atoms with Gasteiger partial charge < -0.3 is 15.6 Å².